The highest BCUT2D eigenvalue weighted by Crippen LogP contribution is 2.21. The number of rotatable bonds is 7. The molecule has 1 atom stereocenters. The van der Waals surface area contributed by atoms with Crippen molar-refractivity contribution in [3.8, 4) is 5.75 Å². The zero-order valence-electron chi connectivity index (χ0n) is 12.9. The second-order valence-electron chi connectivity index (χ2n) is 5.07. The molecule has 0 heterocycles. The maximum absolute atomic E-state index is 11.8. The fraction of sp³-hybridized carbons (Fsp3) is 0.222. The van der Waals surface area contributed by atoms with Crippen LogP contribution in [-0.2, 0) is 9.59 Å². The van der Waals surface area contributed by atoms with Gasteiger partial charge in [-0.3, -0.25) is 9.59 Å². The second-order valence-corrected chi connectivity index (χ2v) is 5.07. The number of aliphatic carboxylic acids is 1. The maximum atomic E-state index is 11.8. The SMILES string of the molecule is CCC(C(=O)O)c1ccc(NC(=O)COc2ccccc2)cc1. The summed E-state index contributed by atoms with van der Waals surface area (Å²) in [4.78, 5) is 23.0. The van der Waals surface area contributed by atoms with E-state index in [1.807, 2.05) is 25.1 Å². The Kier molecular flexibility index (Phi) is 5.74. The zero-order valence-corrected chi connectivity index (χ0v) is 12.9. The molecule has 120 valence electrons. The Labute approximate surface area is 134 Å². The second kappa shape index (κ2) is 7.98. The summed E-state index contributed by atoms with van der Waals surface area (Å²) in [6.45, 7) is 1.74. The van der Waals surface area contributed by atoms with Crippen LogP contribution in [0.25, 0.3) is 0 Å². The van der Waals surface area contributed by atoms with Crippen LogP contribution in [0.1, 0.15) is 24.8 Å². The van der Waals surface area contributed by atoms with E-state index in [2.05, 4.69) is 5.32 Å². The molecule has 0 aromatic heterocycles. The van der Waals surface area contributed by atoms with Crippen molar-refractivity contribution in [3.05, 3.63) is 60.2 Å². The topological polar surface area (TPSA) is 75.6 Å². The van der Waals surface area contributed by atoms with Gasteiger partial charge in [0.15, 0.2) is 6.61 Å². The van der Waals surface area contributed by atoms with Gasteiger partial charge in [-0.2, -0.15) is 0 Å². The molecule has 1 unspecified atom stereocenters. The van der Waals surface area contributed by atoms with Crippen LogP contribution < -0.4 is 10.1 Å². The van der Waals surface area contributed by atoms with Crippen molar-refractivity contribution in [1.29, 1.82) is 0 Å². The summed E-state index contributed by atoms with van der Waals surface area (Å²) in [5.74, 6) is -1.01. The summed E-state index contributed by atoms with van der Waals surface area (Å²) in [5.41, 5.74) is 1.33. The van der Waals surface area contributed by atoms with Gasteiger partial charge in [0.1, 0.15) is 5.75 Å². The number of carboxylic acids is 1. The summed E-state index contributed by atoms with van der Waals surface area (Å²) >= 11 is 0. The first kappa shape index (κ1) is 16.5. The van der Waals surface area contributed by atoms with Gasteiger partial charge in [0, 0.05) is 5.69 Å². The summed E-state index contributed by atoms with van der Waals surface area (Å²) in [6.07, 6.45) is 0.520. The van der Waals surface area contributed by atoms with Gasteiger partial charge in [0.2, 0.25) is 0 Å². The van der Waals surface area contributed by atoms with Crippen molar-refractivity contribution in [2.24, 2.45) is 0 Å². The Hall–Kier alpha value is -2.82. The van der Waals surface area contributed by atoms with Crippen LogP contribution in [0.3, 0.4) is 0 Å². The average molecular weight is 313 g/mol. The molecule has 0 aliphatic rings. The lowest BCUT2D eigenvalue weighted by Gasteiger charge is -2.11. The van der Waals surface area contributed by atoms with Crippen molar-refractivity contribution >= 4 is 17.6 Å². The van der Waals surface area contributed by atoms with Crippen LogP contribution >= 0.6 is 0 Å². The minimum atomic E-state index is -0.847. The van der Waals surface area contributed by atoms with Crippen molar-refractivity contribution in [2.75, 3.05) is 11.9 Å². The number of hydrogen-bond acceptors (Lipinski definition) is 3. The molecule has 2 rings (SSSR count). The van der Waals surface area contributed by atoms with E-state index < -0.39 is 11.9 Å². The third-order valence-electron chi connectivity index (χ3n) is 3.42. The predicted octanol–water partition coefficient (Wildman–Crippen LogP) is 3.28. The van der Waals surface area contributed by atoms with E-state index in [-0.39, 0.29) is 12.5 Å². The lowest BCUT2D eigenvalue weighted by atomic mass is 9.96. The normalized spacial score (nSPS) is 11.5. The summed E-state index contributed by atoms with van der Waals surface area (Å²) in [5, 5.41) is 11.8. The molecule has 0 radical (unpaired) electrons. The van der Waals surface area contributed by atoms with E-state index in [0.29, 0.717) is 17.9 Å². The van der Waals surface area contributed by atoms with E-state index in [0.717, 1.165) is 5.56 Å². The van der Waals surface area contributed by atoms with Gasteiger partial charge >= 0.3 is 5.97 Å². The molecule has 2 aromatic rings. The first-order valence-corrected chi connectivity index (χ1v) is 7.40. The van der Waals surface area contributed by atoms with Crippen molar-refractivity contribution in [3.63, 3.8) is 0 Å². The number of carbonyl (C=O) groups is 2. The molecule has 0 fully saturated rings. The van der Waals surface area contributed by atoms with E-state index in [1.54, 1.807) is 36.4 Å². The molecule has 0 saturated carbocycles. The average Bonchev–Trinajstić information content (AvgIpc) is 2.56. The van der Waals surface area contributed by atoms with Gasteiger partial charge < -0.3 is 15.2 Å². The predicted molar refractivity (Wildman–Crippen MR) is 87.7 cm³/mol. The highest BCUT2D eigenvalue weighted by molar-refractivity contribution is 5.92. The lowest BCUT2D eigenvalue weighted by Crippen LogP contribution is -2.20. The van der Waals surface area contributed by atoms with E-state index in [1.165, 1.54) is 0 Å². The summed E-state index contributed by atoms with van der Waals surface area (Å²) < 4.78 is 5.36. The maximum Gasteiger partial charge on any atom is 0.310 e. The molecule has 0 aliphatic carbocycles. The van der Waals surface area contributed by atoms with Crippen LogP contribution in [0.15, 0.2) is 54.6 Å². The molecule has 2 N–H and O–H groups in total. The number of carboxylic acid groups (broad SMARTS) is 1. The Bertz CT molecular complexity index is 652. The molecule has 0 aliphatic heterocycles. The molecule has 1 amide bonds. The highest BCUT2D eigenvalue weighted by Gasteiger charge is 2.17. The Morgan fingerprint density at radius 2 is 1.74 bits per heavy atom. The molecule has 0 saturated heterocycles. The molecule has 5 nitrogen and oxygen atoms in total. The van der Waals surface area contributed by atoms with Gasteiger partial charge in [0.25, 0.3) is 5.91 Å². The van der Waals surface area contributed by atoms with Crippen LogP contribution in [-0.4, -0.2) is 23.6 Å². The van der Waals surface area contributed by atoms with Gasteiger partial charge in [-0.25, -0.2) is 0 Å². The fourth-order valence-electron chi connectivity index (χ4n) is 2.21. The zero-order chi connectivity index (χ0) is 16.7. The molecule has 5 heteroatoms. The number of para-hydroxylation sites is 1. The van der Waals surface area contributed by atoms with Gasteiger partial charge in [-0.1, -0.05) is 37.3 Å². The number of carbonyl (C=O) groups excluding carboxylic acids is 1. The van der Waals surface area contributed by atoms with E-state index >= 15 is 0 Å². The van der Waals surface area contributed by atoms with E-state index in [9.17, 15) is 9.59 Å². The lowest BCUT2D eigenvalue weighted by molar-refractivity contribution is -0.138. The molecule has 2 aromatic carbocycles. The third kappa shape index (κ3) is 4.85. The van der Waals surface area contributed by atoms with Gasteiger partial charge in [-0.15, -0.1) is 0 Å². The largest absolute Gasteiger partial charge is 0.484 e. The fourth-order valence-corrected chi connectivity index (χ4v) is 2.21. The minimum absolute atomic E-state index is 0.0848. The quantitative estimate of drug-likeness (QED) is 0.822. The molecule has 0 spiro atoms. The van der Waals surface area contributed by atoms with Crippen molar-refractivity contribution in [1.82, 2.24) is 0 Å². The molecular weight excluding hydrogens is 294 g/mol. The summed E-state index contributed by atoms with van der Waals surface area (Å²) in [6, 6.07) is 15.9. The van der Waals surface area contributed by atoms with E-state index in [4.69, 9.17) is 9.84 Å². The molecular formula is C18H19NO4. The van der Waals surface area contributed by atoms with Crippen LogP contribution in [0.4, 0.5) is 5.69 Å². The van der Waals surface area contributed by atoms with Crippen LogP contribution in [0, 0.1) is 0 Å². The number of benzene rings is 2. The standard InChI is InChI=1S/C18H19NO4/c1-2-16(18(21)22)13-8-10-14(11-9-13)19-17(20)12-23-15-6-4-3-5-7-15/h3-11,16H,2,12H2,1H3,(H,19,20)(H,21,22). The summed E-state index contributed by atoms with van der Waals surface area (Å²) in [7, 11) is 0. The smallest absolute Gasteiger partial charge is 0.310 e. The Morgan fingerprint density at radius 3 is 2.30 bits per heavy atom. The first-order chi connectivity index (χ1) is 11.1. The van der Waals surface area contributed by atoms with Crippen molar-refractivity contribution < 1.29 is 19.4 Å². The minimum Gasteiger partial charge on any atom is -0.484 e. The molecule has 23 heavy (non-hydrogen) atoms. The highest BCUT2D eigenvalue weighted by atomic mass is 16.5. The number of anilines is 1. The van der Waals surface area contributed by atoms with Crippen molar-refractivity contribution in [2.45, 2.75) is 19.3 Å². The molecule has 0 bridgehead atoms. The first-order valence-electron chi connectivity index (χ1n) is 7.40. The Morgan fingerprint density at radius 1 is 1.09 bits per heavy atom. The van der Waals surface area contributed by atoms with Gasteiger partial charge in [0.05, 0.1) is 5.92 Å². The number of hydrogen-bond donors (Lipinski definition) is 2. The Balaban J connectivity index is 1.90. The number of amides is 1. The number of nitrogens with one attached hydrogen (secondary N) is 1. The third-order valence-corrected chi connectivity index (χ3v) is 3.42. The number of ether oxygens (including phenoxy) is 1. The van der Waals surface area contributed by atoms with Crippen LogP contribution in [0.2, 0.25) is 0 Å². The monoisotopic (exact) mass is 313 g/mol. The van der Waals surface area contributed by atoms with Crippen LogP contribution in [0.5, 0.6) is 5.75 Å². The van der Waals surface area contributed by atoms with Gasteiger partial charge in [-0.05, 0) is 36.2 Å².